The first kappa shape index (κ1) is 20.0. The van der Waals surface area contributed by atoms with Gasteiger partial charge < -0.3 is 10.6 Å². The predicted molar refractivity (Wildman–Crippen MR) is 110 cm³/mol. The van der Waals surface area contributed by atoms with Crippen LogP contribution in [-0.4, -0.2) is 27.9 Å². The number of carbonyl (C=O) groups excluding carboxylic acids is 2. The lowest BCUT2D eigenvalue weighted by Gasteiger charge is -2.21. The molecule has 9 heteroatoms. The summed E-state index contributed by atoms with van der Waals surface area (Å²) in [6, 6.07) is 12.6. The lowest BCUT2D eigenvalue weighted by atomic mass is 10.1. The zero-order valence-corrected chi connectivity index (χ0v) is 16.4. The molecule has 6 nitrogen and oxygen atoms in total. The molecule has 0 aromatic heterocycles. The first-order valence-corrected chi connectivity index (χ1v) is 9.57. The average molecular weight is 419 g/mol. The van der Waals surface area contributed by atoms with E-state index in [1.165, 1.54) is 12.1 Å². The number of amides is 2. The van der Waals surface area contributed by atoms with Crippen molar-refractivity contribution in [1.82, 2.24) is 5.32 Å². The molecule has 0 aliphatic carbocycles. The van der Waals surface area contributed by atoms with Gasteiger partial charge in [0.05, 0.1) is 5.71 Å². The molecule has 0 bridgehead atoms. The molecule has 1 fully saturated rings. The van der Waals surface area contributed by atoms with Gasteiger partial charge in [0.1, 0.15) is 11.1 Å². The molecule has 0 unspecified atom stereocenters. The quantitative estimate of drug-likeness (QED) is 0.585. The van der Waals surface area contributed by atoms with Crippen LogP contribution in [0.15, 0.2) is 58.7 Å². The third-order valence-electron chi connectivity index (χ3n) is 3.81. The van der Waals surface area contributed by atoms with Crippen molar-refractivity contribution in [2.75, 3.05) is 5.32 Å². The molecule has 0 saturated carbocycles. The fourth-order valence-electron chi connectivity index (χ4n) is 2.40. The van der Waals surface area contributed by atoms with Crippen molar-refractivity contribution in [2.45, 2.75) is 18.6 Å². The van der Waals surface area contributed by atoms with Gasteiger partial charge in [-0.2, -0.15) is 5.10 Å². The molecule has 1 saturated heterocycles. The highest BCUT2D eigenvalue weighted by atomic mass is 35.5. The van der Waals surface area contributed by atoms with Gasteiger partial charge in [-0.15, -0.1) is 5.10 Å². The lowest BCUT2D eigenvalue weighted by Crippen LogP contribution is -2.41. The van der Waals surface area contributed by atoms with Crippen LogP contribution in [0.25, 0.3) is 0 Å². The van der Waals surface area contributed by atoms with E-state index in [1.54, 1.807) is 43.3 Å². The van der Waals surface area contributed by atoms with Gasteiger partial charge in [-0.1, -0.05) is 41.6 Å². The number of benzene rings is 2. The summed E-state index contributed by atoms with van der Waals surface area (Å²) in [7, 11) is 0. The van der Waals surface area contributed by atoms with E-state index >= 15 is 0 Å². The number of hydrogen-bond donors (Lipinski definition) is 2. The number of rotatable bonds is 4. The number of anilines is 1. The summed E-state index contributed by atoms with van der Waals surface area (Å²) in [4.78, 5) is 24.4. The summed E-state index contributed by atoms with van der Waals surface area (Å²) in [6.45, 7) is 1.72. The minimum Gasteiger partial charge on any atom is -0.325 e. The van der Waals surface area contributed by atoms with E-state index < -0.39 is 5.25 Å². The molecule has 1 heterocycles. The second kappa shape index (κ2) is 8.99. The summed E-state index contributed by atoms with van der Waals surface area (Å²) >= 11 is 7.03. The predicted octanol–water partition coefficient (Wildman–Crippen LogP) is 3.82. The minimum atomic E-state index is -0.646. The molecule has 2 amide bonds. The Hall–Kier alpha value is -2.71. The number of hydrogen-bond acceptors (Lipinski definition) is 5. The van der Waals surface area contributed by atoms with E-state index in [4.69, 9.17) is 11.6 Å². The fourth-order valence-corrected chi connectivity index (χ4v) is 3.52. The highest BCUT2D eigenvalue weighted by Gasteiger charge is 2.30. The monoisotopic (exact) mass is 418 g/mol. The van der Waals surface area contributed by atoms with Gasteiger partial charge in [-0.25, -0.2) is 4.39 Å². The maximum Gasteiger partial charge on any atom is 0.238 e. The van der Waals surface area contributed by atoms with Crippen molar-refractivity contribution >= 4 is 51.7 Å². The van der Waals surface area contributed by atoms with E-state index in [0.717, 1.165) is 11.8 Å². The van der Waals surface area contributed by atoms with Crippen LogP contribution in [0.5, 0.6) is 0 Å². The standard InChI is InChI=1S/C19H16ClFN4O2S/c1-11(12-5-7-14(21)8-6-12)24-25-19-23-17(26)10-16(28-19)18(27)22-15-4-2-3-13(20)9-15/h2-9,16H,10H2,1H3,(H,22,27)(H,23,25,26)/b24-11+/t16-/m0/s1. The molecule has 0 spiro atoms. The molecule has 2 aromatic rings. The molecule has 3 rings (SSSR count). The SMILES string of the molecule is C/C(=N\N=C1/NC(=O)C[C@@H](C(=O)Nc2cccc(Cl)c2)S1)c1ccc(F)cc1. The van der Waals surface area contributed by atoms with Crippen LogP contribution in [-0.2, 0) is 9.59 Å². The van der Waals surface area contributed by atoms with Crippen LogP contribution >= 0.6 is 23.4 Å². The zero-order valence-electron chi connectivity index (χ0n) is 14.8. The summed E-state index contributed by atoms with van der Waals surface area (Å²) < 4.78 is 13.0. The van der Waals surface area contributed by atoms with Crippen molar-refractivity contribution in [3.63, 3.8) is 0 Å². The number of carbonyl (C=O) groups is 2. The van der Waals surface area contributed by atoms with Crippen LogP contribution < -0.4 is 10.6 Å². The Bertz CT molecular complexity index is 963. The van der Waals surface area contributed by atoms with Crippen LogP contribution in [0.4, 0.5) is 10.1 Å². The zero-order chi connectivity index (χ0) is 20.1. The van der Waals surface area contributed by atoms with Gasteiger partial charge in [0, 0.05) is 17.1 Å². The second-order valence-corrected chi connectivity index (χ2v) is 7.58. The maximum absolute atomic E-state index is 13.0. The number of nitrogens with zero attached hydrogens (tertiary/aromatic N) is 2. The van der Waals surface area contributed by atoms with E-state index in [-0.39, 0.29) is 29.2 Å². The Kier molecular flexibility index (Phi) is 6.43. The number of nitrogens with one attached hydrogen (secondary N) is 2. The van der Waals surface area contributed by atoms with E-state index in [1.807, 2.05) is 0 Å². The third kappa shape index (κ3) is 5.40. The molecule has 28 heavy (non-hydrogen) atoms. The molecule has 144 valence electrons. The maximum atomic E-state index is 13.0. The van der Waals surface area contributed by atoms with Gasteiger partial charge in [0.2, 0.25) is 11.8 Å². The summed E-state index contributed by atoms with van der Waals surface area (Å²) in [5.41, 5.74) is 1.80. The van der Waals surface area contributed by atoms with Crippen LogP contribution in [0.3, 0.4) is 0 Å². The summed E-state index contributed by atoms with van der Waals surface area (Å²) in [5, 5.41) is 13.5. The highest BCUT2D eigenvalue weighted by Crippen LogP contribution is 2.23. The minimum absolute atomic E-state index is 0.0245. The van der Waals surface area contributed by atoms with E-state index in [2.05, 4.69) is 20.8 Å². The van der Waals surface area contributed by atoms with Crippen molar-refractivity contribution in [2.24, 2.45) is 10.2 Å². The highest BCUT2D eigenvalue weighted by molar-refractivity contribution is 8.15. The van der Waals surface area contributed by atoms with E-state index in [0.29, 0.717) is 22.0 Å². The smallest absolute Gasteiger partial charge is 0.238 e. The molecule has 2 aromatic carbocycles. The normalized spacial score (nSPS) is 18.7. The average Bonchev–Trinajstić information content (AvgIpc) is 2.66. The number of halogens is 2. The van der Waals surface area contributed by atoms with Crippen molar-refractivity contribution < 1.29 is 14.0 Å². The number of thioether (sulfide) groups is 1. The van der Waals surface area contributed by atoms with Gasteiger partial charge >= 0.3 is 0 Å². The Labute approximate surface area is 170 Å². The first-order chi connectivity index (χ1) is 13.4. The first-order valence-electron chi connectivity index (χ1n) is 8.32. The van der Waals surface area contributed by atoms with Gasteiger partial charge in [0.15, 0.2) is 5.17 Å². The summed E-state index contributed by atoms with van der Waals surface area (Å²) in [5.74, 6) is -0.987. The molecular formula is C19H16ClFN4O2S. The topological polar surface area (TPSA) is 82.9 Å². The lowest BCUT2D eigenvalue weighted by molar-refractivity contribution is -0.123. The Morgan fingerprint density at radius 3 is 2.75 bits per heavy atom. The molecule has 1 aliphatic rings. The van der Waals surface area contributed by atoms with Crippen molar-refractivity contribution in [3.05, 3.63) is 64.9 Å². The third-order valence-corrected chi connectivity index (χ3v) is 5.12. The molecular weight excluding hydrogens is 403 g/mol. The second-order valence-electron chi connectivity index (χ2n) is 5.96. The van der Waals surface area contributed by atoms with Crippen LogP contribution in [0.1, 0.15) is 18.9 Å². The van der Waals surface area contributed by atoms with Crippen LogP contribution in [0, 0.1) is 5.82 Å². The largest absolute Gasteiger partial charge is 0.325 e. The Morgan fingerprint density at radius 2 is 2.04 bits per heavy atom. The Morgan fingerprint density at radius 1 is 1.29 bits per heavy atom. The summed E-state index contributed by atoms with van der Waals surface area (Å²) in [6.07, 6.45) is 0.0245. The molecule has 2 N–H and O–H groups in total. The molecule has 1 atom stereocenters. The molecule has 1 aliphatic heterocycles. The van der Waals surface area contributed by atoms with Crippen molar-refractivity contribution in [1.29, 1.82) is 0 Å². The van der Waals surface area contributed by atoms with E-state index in [9.17, 15) is 14.0 Å². The van der Waals surface area contributed by atoms with Gasteiger partial charge in [-0.3, -0.25) is 9.59 Å². The fraction of sp³-hybridized carbons (Fsp3) is 0.158. The number of amidine groups is 1. The molecule has 0 radical (unpaired) electrons. The van der Waals surface area contributed by atoms with Gasteiger partial charge in [0.25, 0.3) is 0 Å². The van der Waals surface area contributed by atoms with Crippen molar-refractivity contribution in [3.8, 4) is 0 Å². The van der Waals surface area contributed by atoms with Crippen LogP contribution in [0.2, 0.25) is 5.02 Å². The Balaban J connectivity index is 1.70. The van der Waals surface area contributed by atoms with Gasteiger partial charge in [-0.05, 0) is 42.8 Å².